The van der Waals surface area contributed by atoms with Gasteiger partial charge in [-0.15, -0.1) is 0 Å². The molecule has 0 aliphatic carbocycles. The molecule has 0 radical (unpaired) electrons. The second-order valence-corrected chi connectivity index (χ2v) is 9.09. The van der Waals surface area contributed by atoms with E-state index in [9.17, 15) is 9.59 Å². The number of nitrogen functional groups attached to an aromatic ring is 1. The van der Waals surface area contributed by atoms with Crippen molar-refractivity contribution in [3.8, 4) is 0 Å². The van der Waals surface area contributed by atoms with Crippen molar-refractivity contribution in [1.82, 2.24) is 14.7 Å². The Morgan fingerprint density at radius 1 is 1.00 bits per heavy atom. The number of piperidine rings is 1. The van der Waals surface area contributed by atoms with Crippen molar-refractivity contribution in [2.45, 2.75) is 39.2 Å². The number of para-hydroxylation sites is 1. The molecule has 2 N–H and O–H groups in total. The molecule has 2 saturated heterocycles. The van der Waals surface area contributed by atoms with Gasteiger partial charge in [0.05, 0.1) is 5.56 Å². The molecule has 7 nitrogen and oxygen atoms in total. The molecule has 0 atom stereocenters. The number of nitrogens with two attached hydrogens (primary N) is 1. The Bertz CT molecular complexity index is 715. The Morgan fingerprint density at radius 2 is 1.62 bits per heavy atom. The molecule has 0 spiro atoms. The van der Waals surface area contributed by atoms with Crippen LogP contribution in [0, 0.1) is 5.92 Å². The number of ether oxygens (including phenoxy) is 1. The standard InChI is InChI=1S/C22H34N4O3/c1-22(2,3)29-21(28)26-10-8-17(9-11-26)16-24-12-14-25(15-13-24)20(27)18-6-4-5-7-19(18)23/h4-7,17H,8-16,23H2,1-3H3. The summed E-state index contributed by atoms with van der Waals surface area (Å²) >= 11 is 0. The maximum Gasteiger partial charge on any atom is 0.410 e. The molecule has 29 heavy (non-hydrogen) atoms. The highest BCUT2D eigenvalue weighted by Crippen LogP contribution is 2.22. The Kier molecular flexibility index (Phi) is 6.67. The number of carbonyl (C=O) groups is 2. The molecule has 0 aromatic heterocycles. The number of likely N-dealkylation sites (tertiary alicyclic amines) is 1. The first-order valence-electron chi connectivity index (χ1n) is 10.6. The number of amides is 2. The fourth-order valence-corrected chi connectivity index (χ4v) is 3.99. The SMILES string of the molecule is CC(C)(C)OC(=O)N1CCC(CN2CCN(C(=O)c3ccccc3N)CC2)CC1. The number of anilines is 1. The smallest absolute Gasteiger partial charge is 0.410 e. The van der Waals surface area contributed by atoms with E-state index in [0.29, 0.717) is 17.2 Å². The molecule has 2 amide bonds. The summed E-state index contributed by atoms with van der Waals surface area (Å²) < 4.78 is 5.47. The lowest BCUT2D eigenvalue weighted by molar-refractivity contribution is 0.0161. The number of hydrogen-bond acceptors (Lipinski definition) is 5. The van der Waals surface area contributed by atoms with Crippen molar-refractivity contribution in [2.24, 2.45) is 5.92 Å². The minimum absolute atomic E-state index is 0.0217. The lowest BCUT2D eigenvalue weighted by Gasteiger charge is -2.39. The minimum atomic E-state index is -0.449. The molecular weight excluding hydrogens is 368 g/mol. The predicted octanol–water partition coefficient (Wildman–Crippen LogP) is 2.67. The van der Waals surface area contributed by atoms with E-state index in [0.717, 1.165) is 58.7 Å². The third kappa shape index (κ3) is 5.85. The van der Waals surface area contributed by atoms with Crippen LogP contribution >= 0.6 is 0 Å². The van der Waals surface area contributed by atoms with Gasteiger partial charge >= 0.3 is 6.09 Å². The topological polar surface area (TPSA) is 79.1 Å². The highest BCUT2D eigenvalue weighted by atomic mass is 16.6. The van der Waals surface area contributed by atoms with Crippen LogP contribution in [-0.2, 0) is 4.74 Å². The van der Waals surface area contributed by atoms with Crippen LogP contribution in [0.25, 0.3) is 0 Å². The number of nitrogens with zero attached hydrogens (tertiary/aromatic N) is 3. The van der Waals surface area contributed by atoms with E-state index in [4.69, 9.17) is 10.5 Å². The average Bonchev–Trinajstić information content (AvgIpc) is 2.68. The van der Waals surface area contributed by atoms with Crippen molar-refractivity contribution >= 4 is 17.7 Å². The number of hydrogen-bond donors (Lipinski definition) is 1. The zero-order chi connectivity index (χ0) is 21.0. The lowest BCUT2D eigenvalue weighted by Crippen LogP contribution is -2.51. The summed E-state index contributed by atoms with van der Waals surface area (Å²) in [6.45, 7) is 11.4. The molecule has 0 bridgehead atoms. The van der Waals surface area contributed by atoms with Crippen molar-refractivity contribution in [1.29, 1.82) is 0 Å². The summed E-state index contributed by atoms with van der Waals surface area (Å²) in [5, 5.41) is 0. The van der Waals surface area contributed by atoms with Crippen molar-refractivity contribution in [3.63, 3.8) is 0 Å². The molecule has 2 aliphatic rings. The van der Waals surface area contributed by atoms with Crippen LogP contribution < -0.4 is 5.73 Å². The van der Waals surface area contributed by atoms with Gasteiger partial charge in [0.1, 0.15) is 5.60 Å². The van der Waals surface area contributed by atoms with Crippen molar-refractivity contribution in [3.05, 3.63) is 29.8 Å². The van der Waals surface area contributed by atoms with Gasteiger partial charge in [-0.3, -0.25) is 9.69 Å². The summed E-state index contributed by atoms with van der Waals surface area (Å²) in [4.78, 5) is 31.0. The van der Waals surface area contributed by atoms with Gasteiger partial charge in [0.2, 0.25) is 0 Å². The van der Waals surface area contributed by atoms with E-state index in [1.807, 2.05) is 42.7 Å². The van der Waals surface area contributed by atoms with Gasteiger partial charge in [-0.2, -0.15) is 0 Å². The van der Waals surface area contributed by atoms with Crippen LogP contribution in [0.2, 0.25) is 0 Å². The molecule has 2 fully saturated rings. The molecule has 2 heterocycles. The van der Waals surface area contributed by atoms with Gasteiger partial charge in [-0.25, -0.2) is 4.79 Å². The van der Waals surface area contributed by atoms with E-state index >= 15 is 0 Å². The number of benzene rings is 1. The first-order chi connectivity index (χ1) is 13.7. The van der Waals surface area contributed by atoms with Crippen LogP contribution in [0.15, 0.2) is 24.3 Å². The summed E-state index contributed by atoms with van der Waals surface area (Å²) in [5.41, 5.74) is 6.63. The number of carbonyl (C=O) groups excluding carboxylic acids is 2. The highest BCUT2D eigenvalue weighted by molar-refractivity contribution is 5.99. The Morgan fingerprint density at radius 3 is 2.21 bits per heavy atom. The van der Waals surface area contributed by atoms with Crippen LogP contribution in [-0.4, -0.2) is 78.1 Å². The Labute approximate surface area is 173 Å². The predicted molar refractivity (Wildman–Crippen MR) is 114 cm³/mol. The second-order valence-electron chi connectivity index (χ2n) is 9.09. The minimum Gasteiger partial charge on any atom is -0.444 e. The lowest BCUT2D eigenvalue weighted by atomic mass is 9.96. The fraction of sp³-hybridized carbons (Fsp3) is 0.636. The monoisotopic (exact) mass is 402 g/mol. The van der Waals surface area contributed by atoms with Crippen molar-refractivity contribution < 1.29 is 14.3 Å². The average molecular weight is 403 g/mol. The zero-order valence-corrected chi connectivity index (χ0v) is 17.9. The molecule has 0 saturated carbocycles. The number of piperazine rings is 1. The molecule has 0 unspecified atom stereocenters. The van der Waals surface area contributed by atoms with Crippen LogP contribution in [0.1, 0.15) is 44.0 Å². The van der Waals surface area contributed by atoms with Crippen LogP contribution in [0.3, 0.4) is 0 Å². The van der Waals surface area contributed by atoms with Gasteiger partial charge in [0.15, 0.2) is 0 Å². The first kappa shape index (κ1) is 21.4. The van der Waals surface area contributed by atoms with E-state index in [1.165, 1.54) is 0 Å². The van der Waals surface area contributed by atoms with Crippen molar-refractivity contribution in [2.75, 3.05) is 51.5 Å². The van der Waals surface area contributed by atoms with Gasteiger partial charge in [0, 0.05) is 51.5 Å². The largest absolute Gasteiger partial charge is 0.444 e. The maximum atomic E-state index is 12.7. The first-order valence-corrected chi connectivity index (χ1v) is 10.6. The van der Waals surface area contributed by atoms with Gasteiger partial charge < -0.3 is 20.3 Å². The summed E-state index contributed by atoms with van der Waals surface area (Å²) in [6, 6.07) is 7.26. The van der Waals surface area contributed by atoms with E-state index in [2.05, 4.69) is 4.90 Å². The molecule has 1 aromatic carbocycles. The summed E-state index contributed by atoms with van der Waals surface area (Å²) in [5.74, 6) is 0.606. The molecule has 3 rings (SSSR count). The molecule has 7 heteroatoms. The second kappa shape index (κ2) is 9.03. The number of rotatable bonds is 3. The van der Waals surface area contributed by atoms with Crippen LogP contribution in [0.4, 0.5) is 10.5 Å². The zero-order valence-electron chi connectivity index (χ0n) is 17.9. The Hall–Kier alpha value is -2.28. The third-order valence-electron chi connectivity index (χ3n) is 5.63. The Balaban J connectivity index is 1.41. The van der Waals surface area contributed by atoms with Gasteiger partial charge in [-0.05, 0) is 51.7 Å². The normalized spacial score (nSPS) is 19.3. The molecule has 160 valence electrons. The maximum absolute atomic E-state index is 12.7. The fourth-order valence-electron chi connectivity index (χ4n) is 3.99. The molecule has 2 aliphatic heterocycles. The summed E-state index contributed by atoms with van der Waals surface area (Å²) in [6.07, 6.45) is 1.79. The third-order valence-corrected chi connectivity index (χ3v) is 5.63. The highest BCUT2D eigenvalue weighted by Gasteiger charge is 2.29. The quantitative estimate of drug-likeness (QED) is 0.787. The van der Waals surface area contributed by atoms with Crippen LogP contribution in [0.5, 0.6) is 0 Å². The van der Waals surface area contributed by atoms with E-state index in [1.54, 1.807) is 12.1 Å². The van der Waals surface area contributed by atoms with E-state index < -0.39 is 5.60 Å². The van der Waals surface area contributed by atoms with Gasteiger partial charge in [-0.1, -0.05) is 12.1 Å². The summed E-state index contributed by atoms with van der Waals surface area (Å²) in [7, 11) is 0. The molecular formula is C22H34N4O3. The van der Waals surface area contributed by atoms with Gasteiger partial charge in [0.25, 0.3) is 5.91 Å². The molecule has 1 aromatic rings. The van der Waals surface area contributed by atoms with E-state index in [-0.39, 0.29) is 12.0 Å².